The molecule has 1 heterocycles. The van der Waals surface area contributed by atoms with Crippen molar-refractivity contribution in [3.63, 3.8) is 0 Å². The number of aryl methyl sites for hydroxylation is 1. The number of hydrogen-bond acceptors (Lipinski definition) is 4. The molecule has 0 amide bonds. The lowest BCUT2D eigenvalue weighted by atomic mass is 10.6. The molecule has 1 saturated carbocycles. The lowest BCUT2D eigenvalue weighted by Gasteiger charge is -2.19. The van der Waals surface area contributed by atoms with Crippen molar-refractivity contribution in [2.24, 2.45) is 7.05 Å². The van der Waals surface area contributed by atoms with Crippen LogP contribution >= 0.6 is 15.9 Å². The zero-order chi connectivity index (χ0) is 12.6. The van der Waals surface area contributed by atoms with Crippen molar-refractivity contribution < 1.29 is 8.42 Å². The first kappa shape index (κ1) is 12.7. The fourth-order valence-corrected chi connectivity index (χ4v) is 4.33. The fourth-order valence-electron chi connectivity index (χ4n) is 1.64. The predicted molar refractivity (Wildman–Crippen MR) is 65.8 cm³/mol. The molecular formula is C9H13BrN4O2S. The van der Waals surface area contributed by atoms with Gasteiger partial charge in [-0.2, -0.15) is 4.31 Å². The van der Waals surface area contributed by atoms with Crippen LogP contribution in [-0.4, -0.2) is 40.3 Å². The molecule has 94 valence electrons. The van der Waals surface area contributed by atoms with Crippen LogP contribution in [-0.2, 0) is 17.1 Å². The van der Waals surface area contributed by atoms with E-state index in [1.165, 1.54) is 8.99 Å². The van der Waals surface area contributed by atoms with E-state index < -0.39 is 10.0 Å². The molecular weight excluding hydrogens is 308 g/mol. The molecule has 1 aliphatic carbocycles. The van der Waals surface area contributed by atoms with E-state index in [1.807, 2.05) is 0 Å². The molecule has 6 nitrogen and oxygen atoms in total. The Balaban J connectivity index is 2.44. The predicted octanol–water partition coefficient (Wildman–Crippen LogP) is 0.917. The van der Waals surface area contributed by atoms with Gasteiger partial charge in [-0.25, -0.2) is 13.1 Å². The van der Waals surface area contributed by atoms with Crippen molar-refractivity contribution in [3.05, 3.63) is 17.3 Å². The highest BCUT2D eigenvalue weighted by Crippen LogP contribution is 2.33. The fraction of sp³-hybridized carbons (Fsp3) is 0.556. The van der Waals surface area contributed by atoms with E-state index in [0.717, 1.165) is 12.8 Å². The minimum Gasteiger partial charge on any atom is -0.235 e. The smallest absolute Gasteiger partial charge is 0.235 e. The van der Waals surface area contributed by atoms with Crippen LogP contribution in [0.5, 0.6) is 0 Å². The summed E-state index contributed by atoms with van der Waals surface area (Å²) in [6.07, 6.45) is 3.39. The van der Waals surface area contributed by atoms with Crippen molar-refractivity contribution >= 4 is 26.0 Å². The summed E-state index contributed by atoms with van der Waals surface area (Å²) in [5.74, 6) is 0. The van der Waals surface area contributed by atoms with Crippen molar-refractivity contribution in [1.82, 2.24) is 19.3 Å². The van der Waals surface area contributed by atoms with Gasteiger partial charge in [-0.1, -0.05) is 11.3 Å². The van der Waals surface area contributed by atoms with Gasteiger partial charge in [0, 0.05) is 19.6 Å². The standard InChI is InChI=1S/C9H13BrN4O2S/c1-3-6-14(7-4-5-7)17(15,16)9-8(10)11-12-13(9)2/h3,7H,1,4-6H2,2H3. The molecule has 1 fully saturated rings. The van der Waals surface area contributed by atoms with Gasteiger partial charge in [0.25, 0.3) is 10.0 Å². The summed E-state index contributed by atoms with van der Waals surface area (Å²) in [6.45, 7) is 3.90. The Morgan fingerprint density at radius 2 is 2.29 bits per heavy atom. The van der Waals surface area contributed by atoms with E-state index in [-0.39, 0.29) is 15.7 Å². The second-order valence-electron chi connectivity index (χ2n) is 3.90. The van der Waals surface area contributed by atoms with Crippen molar-refractivity contribution in [2.45, 2.75) is 23.9 Å². The molecule has 0 saturated heterocycles. The third-order valence-corrected chi connectivity index (χ3v) is 5.36. The maximum Gasteiger partial charge on any atom is 0.263 e. The third kappa shape index (κ3) is 2.29. The third-order valence-electron chi connectivity index (χ3n) is 2.55. The molecule has 17 heavy (non-hydrogen) atoms. The quantitative estimate of drug-likeness (QED) is 0.756. The van der Waals surface area contributed by atoms with Crippen LogP contribution in [0.2, 0.25) is 0 Å². The van der Waals surface area contributed by atoms with Crippen molar-refractivity contribution in [3.8, 4) is 0 Å². The Kier molecular flexibility index (Phi) is 3.37. The Bertz CT molecular complexity index is 516. The van der Waals surface area contributed by atoms with Crippen LogP contribution < -0.4 is 0 Å². The first-order valence-electron chi connectivity index (χ1n) is 5.16. The van der Waals surface area contributed by atoms with Crippen LogP contribution in [0, 0.1) is 0 Å². The highest BCUT2D eigenvalue weighted by atomic mass is 79.9. The van der Waals surface area contributed by atoms with E-state index in [4.69, 9.17) is 0 Å². The summed E-state index contributed by atoms with van der Waals surface area (Å²) in [5, 5.41) is 7.48. The first-order chi connectivity index (χ1) is 7.98. The van der Waals surface area contributed by atoms with Gasteiger partial charge in [-0.3, -0.25) is 0 Å². The lowest BCUT2D eigenvalue weighted by Crippen LogP contribution is -2.34. The summed E-state index contributed by atoms with van der Waals surface area (Å²) in [5.41, 5.74) is 0. The van der Waals surface area contributed by atoms with Gasteiger partial charge in [-0.05, 0) is 28.8 Å². The number of sulfonamides is 1. The SMILES string of the molecule is C=CCN(C1CC1)S(=O)(=O)c1c(Br)nnn1C. The van der Waals surface area contributed by atoms with E-state index in [2.05, 4.69) is 32.8 Å². The minimum absolute atomic E-state index is 0.0831. The normalized spacial score (nSPS) is 16.4. The highest BCUT2D eigenvalue weighted by Gasteiger charge is 2.40. The Morgan fingerprint density at radius 3 is 2.71 bits per heavy atom. The van der Waals surface area contributed by atoms with Gasteiger partial charge in [0.2, 0.25) is 5.03 Å². The van der Waals surface area contributed by atoms with Crippen LogP contribution in [0.15, 0.2) is 22.3 Å². The van der Waals surface area contributed by atoms with E-state index in [9.17, 15) is 8.42 Å². The molecule has 2 rings (SSSR count). The Hall–Kier alpha value is -0.730. The molecule has 0 radical (unpaired) electrons. The molecule has 1 aromatic heterocycles. The summed E-state index contributed by atoms with van der Waals surface area (Å²) in [6, 6.07) is 0.0831. The topological polar surface area (TPSA) is 68.1 Å². The van der Waals surface area contributed by atoms with Crippen LogP contribution in [0.25, 0.3) is 0 Å². The van der Waals surface area contributed by atoms with Gasteiger partial charge in [0.15, 0.2) is 4.60 Å². The second kappa shape index (κ2) is 4.51. The zero-order valence-corrected chi connectivity index (χ0v) is 11.8. The minimum atomic E-state index is -3.56. The largest absolute Gasteiger partial charge is 0.263 e. The maximum atomic E-state index is 12.5. The second-order valence-corrected chi connectivity index (χ2v) is 6.46. The highest BCUT2D eigenvalue weighted by molar-refractivity contribution is 9.10. The van der Waals surface area contributed by atoms with Gasteiger partial charge < -0.3 is 0 Å². The van der Waals surface area contributed by atoms with Crippen molar-refractivity contribution in [1.29, 1.82) is 0 Å². The average molecular weight is 321 g/mol. The lowest BCUT2D eigenvalue weighted by molar-refractivity contribution is 0.428. The maximum absolute atomic E-state index is 12.5. The van der Waals surface area contributed by atoms with Crippen LogP contribution in [0.4, 0.5) is 0 Å². The molecule has 0 aliphatic heterocycles. The summed E-state index contributed by atoms with van der Waals surface area (Å²) in [4.78, 5) is 0. The Morgan fingerprint density at radius 1 is 1.65 bits per heavy atom. The van der Waals surface area contributed by atoms with E-state index >= 15 is 0 Å². The van der Waals surface area contributed by atoms with Gasteiger partial charge >= 0.3 is 0 Å². The molecule has 0 spiro atoms. The first-order valence-corrected chi connectivity index (χ1v) is 7.39. The number of rotatable bonds is 5. The molecule has 8 heteroatoms. The van der Waals surface area contributed by atoms with Crippen LogP contribution in [0.1, 0.15) is 12.8 Å². The number of halogens is 1. The van der Waals surface area contributed by atoms with Crippen molar-refractivity contribution in [2.75, 3.05) is 6.54 Å². The number of aromatic nitrogens is 3. The average Bonchev–Trinajstić information content (AvgIpc) is 3.01. The molecule has 0 atom stereocenters. The number of hydrogen-bond donors (Lipinski definition) is 0. The molecule has 0 N–H and O–H groups in total. The van der Waals surface area contributed by atoms with E-state index in [0.29, 0.717) is 6.54 Å². The summed E-state index contributed by atoms with van der Waals surface area (Å²) in [7, 11) is -2.01. The van der Waals surface area contributed by atoms with Crippen LogP contribution in [0.3, 0.4) is 0 Å². The number of nitrogens with zero attached hydrogens (tertiary/aromatic N) is 4. The summed E-state index contributed by atoms with van der Waals surface area (Å²) < 4.78 is 27.9. The molecule has 0 aromatic carbocycles. The summed E-state index contributed by atoms with van der Waals surface area (Å²) >= 11 is 3.12. The molecule has 0 bridgehead atoms. The molecule has 1 aromatic rings. The Labute approximate surface area is 108 Å². The van der Waals surface area contributed by atoms with Gasteiger partial charge in [0.05, 0.1) is 0 Å². The monoisotopic (exact) mass is 320 g/mol. The van der Waals surface area contributed by atoms with Gasteiger partial charge in [0.1, 0.15) is 0 Å². The molecule has 1 aliphatic rings. The zero-order valence-electron chi connectivity index (χ0n) is 9.37. The van der Waals surface area contributed by atoms with E-state index in [1.54, 1.807) is 13.1 Å². The van der Waals surface area contributed by atoms with Gasteiger partial charge in [-0.15, -0.1) is 11.7 Å². The molecule has 0 unspecified atom stereocenters.